The number of pyridine rings is 1. The van der Waals surface area contributed by atoms with Gasteiger partial charge in [-0.1, -0.05) is 44.0 Å². The van der Waals surface area contributed by atoms with Crippen LogP contribution in [0.2, 0.25) is 0 Å². The predicted octanol–water partition coefficient (Wildman–Crippen LogP) is 4.17. The second-order valence-corrected chi connectivity index (χ2v) is 2.84. The molecular formula is C15H18N2. The van der Waals surface area contributed by atoms with Crippen molar-refractivity contribution in [1.82, 2.24) is 4.98 Å². The largest absolute Gasteiger partial charge is 0.257 e. The molecule has 2 heteroatoms. The summed E-state index contributed by atoms with van der Waals surface area (Å²) >= 11 is 0. The first-order valence-corrected chi connectivity index (χ1v) is 4.94. The average Bonchev–Trinajstić information content (AvgIpc) is 2.40. The van der Waals surface area contributed by atoms with Crippen molar-refractivity contribution in [2.75, 3.05) is 0 Å². The summed E-state index contributed by atoms with van der Waals surface area (Å²) in [6, 6.07) is 7.42. The Morgan fingerprint density at radius 1 is 1.35 bits per heavy atom. The van der Waals surface area contributed by atoms with E-state index in [1.54, 1.807) is 24.4 Å². The van der Waals surface area contributed by atoms with Crippen molar-refractivity contribution >= 4 is 6.08 Å². The lowest BCUT2D eigenvalue weighted by atomic mass is 10.4. The van der Waals surface area contributed by atoms with Crippen molar-refractivity contribution in [3.05, 3.63) is 74.1 Å². The second-order valence-electron chi connectivity index (χ2n) is 2.84. The van der Waals surface area contributed by atoms with E-state index in [-0.39, 0.29) is 0 Å². The molecule has 1 rings (SSSR count). The molecule has 0 saturated heterocycles. The van der Waals surface area contributed by atoms with E-state index in [0.717, 1.165) is 11.3 Å². The summed E-state index contributed by atoms with van der Waals surface area (Å²) in [4.78, 5) is 3.98. The van der Waals surface area contributed by atoms with Crippen LogP contribution >= 0.6 is 0 Å². The summed E-state index contributed by atoms with van der Waals surface area (Å²) < 4.78 is 0. The smallest absolute Gasteiger partial charge is 0.0905 e. The molecule has 0 aliphatic carbocycles. The van der Waals surface area contributed by atoms with E-state index in [1.165, 1.54) is 6.08 Å². The van der Waals surface area contributed by atoms with Crippen molar-refractivity contribution < 1.29 is 0 Å². The van der Waals surface area contributed by atoms with Gasteiger partial charge >= 0.3 is 0 Å². The van der Waals surface area contributed by atoms with Gasteiger partial charge < -0.3 is 0 Å². The van der Waals surface area contributed by atoms with Crippen LogP contribution in [0.25, 0.3) is 6.08 Å². The van der Waals surface area contributed by atoms with Gasteiger partial charge in [0.25, 0.3) is 0 Å². The molecule has 0 spiro atoms. The molecule has 0 saturated carbocycles. The zero-order chi connectivity index (χ0) is 13.5. The molecule has 1 heterocycles. The average molecular weight is 226 g/mol. The Labute approximate surface area is 104 Å². The topological polar surface area (TPSA) is 36.7 Å². The molecule has 2 nitrogen and oxygen atoms in total. The van der Waals surface area contributed by atoms with Crippen LogP contribution in [0, 0.1) is 11.3 Å². The highest BCUT2D eigenvalue weighted by Gasteiger charge is 1.77. The second kappa shape index (κ2) is 13.6. The van der Waals surface area contributed by atoms with Crippen LogP contribution in [-0.4, -0.2) is 4.98 Å². The fraction of sp³-hybridized carbons (Fsp3) is 0.0667. The van der Waals surface area contributed by atoms with E-state index >= 15 is 0 Å². The zero-order valence-electron chi connectivity index (χ0n) is 10.3. The number of nitriles is 1. The molecule has 1 aromatic heterocycles. The van der Waals surface area contributed by atoms with Gasteiger partial charge in [-0.05, 0) is 25.1 Å². The predicted molar refractivity (Wildman–Crippen MR) is 75.1 cm³/mol. The van der Waals surface area contributed by atoms with Gasteiger partial charge in [0.15, 0.2) is 0 Å². The van der Waals surface area contributed by atoms with Crippen LogP contribution in [0.1, 0.15) is 12.6 Å². The first-order valence-electron chi connectivity index (χ1n) is 4.94. The van der Waals surface area contributed by atoms with Crippen LogP contribution in [0.3, 0.4) is 0 Å². The number of aromatic nitrogens is 1. The maximum atomic E-state index is 7.51. The zero-order valence-corrected chi connectivity index (χ0v) is 10.3. The van der Waals surface area contributed by atoms with Gasteiger partial charge in [0.1, 0.15) is 0 Å². The minimum atomic E-state index is 0.924. The molecule has 0 bridgehead atoms. The Kier molecular flexibility index (Phi) is 13.6. The van der Waals surface area contributed by atoms with Gasteiger partial charge in [0.05, 0.1) is 11.8 Å². The number of nitrogens with zero attached hydrogens (tertiary/aromatic N) is 2. The first-order chi connectivity index (χ1) is 8.12. The molecule has 0 N–H and O–H groups in total. The summed E-state index contributed by atoms with van der Waals surface area (Å²) in [5, 5.41) is 7.51. The minimum absolute atomic E-state index is 0.924. The lowest BCUT2D eigenvalue weighted by Crippen LogP contribution is -1.73. The van der Waals surface area contributed by atoms with E-state index < -0.39 is 0 Å². The van der Waals surface area contributed by atoms with Crippen molar-refractivity contribution in [3.8, 4) is 6.07 Å². The van der Waals surface area contributed by atoms with E-state index in [0.29, 0.717) is 0 Å². The Morgan fingerprint density at radius 2 is 1.88 bits per heavy atom. The number of hydrogen-bond donors (Lipinski definition) is 0. The molecule has 0 unspecified atom stereocenters. The molecular weight excluding hydrogens is 208 g/mol. The molecule has 0 aliphatic rings. The third-order valence-corrected chi connectivity index (χ3v) is 1.34. The van der Waals surface area contributed by atoms with E-state index in [4.69, 9.17) is 5.26 Å². The van der Waals surface area contributed by atoms with E-state index in [9.17, 15) is 0 Å². The van der Waals surface area contributed by atoms with E-state index in [2.05, 4.69) is 31.3 Å². The monoisotopic (exact) mass is 226 g/mol. The normalized spacial score (nSPS) is 6.82. The van der Waals surface area contributed by atoms with Crippen LogP contribution in [0.5, 0.6) is 0 Å². The maximum Gasteiger partial charge on any atom is 0.0905 e. The highest BCUT2D eigenvalue weighted by Crippen LogP contribution is 1.91. The van der Waals surface area contributed by atoms with Gasteiger partial charge in [-0.25, -0.2) is 0 Å². The van der Waals surface area contributed by atoms with Crippen molar-refractivity contribution in [2.24, 2.45) is 0 Å². The Morgan fingerprint density at radius 3 is 2.06 bits per heavy atom. The fourth-order valence-electron chi connectivity index (χ4n) is 0.497. The molecule has 0 aromatic carbocycles. The van der Waals surface area contributed by atoms with Gasteiger partial charge in [-0.3, -0.25) is 4.98 Å². The number of hydrogen-bond acceptors (Lipinski definition) is 2. The molecule has 17 heavy (non-hydrogen) atoms. The lowest BCUT2D eigenvalue weighted by Gasteiger charge is -1.84. The minimum Gasteiger partial charge on any atom is -0.257 e. The molecule has 88 valence electrons. The SMILES string of the molecule is C=CC#N.C=CC(=C)C.C=Cc1ccccn1. The molecule has 0 amide bonds. The summed E-state index contributed by atoms with van der Waals surface area (Å²) in [6.45, 7) is 15.6. The fourth-order valence-corrected chi connectivity index (χ4v) is 0.497. The molecule has 0 fully saturated rings. The van der Waals surface area contributed by atoms with Crippen LogP contribution in [-0.2, 0) is 0 Å². The van der Waals surface area contributed by atoms with Gasteiger partial charge in [0, 0.05) is 12.3 Å². The van der Waals surface area contributed by atoms with Gasteiger partial charge in [-0.15, -0.1) is 0 Å². The summed E-state index contributed by atoms with van der Waals surface area (Å²) in [6.07, 6.45) is 6.37. The summed E-state index contributed by atoms with van der Waals surface area (Å²) in [7, 11) is 0. The standard InChI is InChI=1S/C7H7N.C5H8.C3H3N/c1-2-7-5-3-4-6-8-7;1-4-5(2)3;1-2-3-4/h2-6H,1H2;4H,1-2H2,3H3;2H,1H2. The molecule has 1 aromatic rings. The quantitative estimate of drug-likeness (QED) is 0.560. The number of rotatable bonds is 2. The lowest BCUT2D eigenvalue weighted by molar-refractivity contribution is 1.30. The Hall–Kier alpha value is -2.40. The van der Waals surface area contributed by atoms with Gasteiger partial charge in [0.2, 0.25) is 0 Å². The maximum absolute atomic E-state index is 7.51. The third-order valence-electron chi connectivity index (χ3n) is 1.34. The Balaban J connectivity index is 0. The highest BCUT2D eigenvalue weighted by molar-refractivity contribution is 5.40. The van der Waals surface area contributed by atoms with Gasteiger partial charge in [-0.2, -0.15) is 5.26 Å². The Bertz CT molecular complexity index is 383. The summed E-state index contributed by atoms with van der Waals surface area (Å²) in [5.41, 5.74) is 1.94. The van der Waals surface area contributed by atoms with Crippen molar-refractivity contribution in [3.63, 3.8) is 0 Å². The third kappa shape index (κ3) is 16.3. The number of allylic oxidation sites excluding steroid dienone is 3. The first kappa shape index (κ1) is 17.0. The summed E-state index contributed by atoms with van der Waals surface area (Å²) in [5.74, 6) is 0. The highest BCUT2D eigenvalue weighted by atomic mass is 14.6. The van der Waals surface area contributed by atoms with Crippen molar-refractivity contribution in [1.29, 1.82) is 5.26 Å². The van der Waals surface area contributed by atoms with Crippen LogP contribution in [0.15, 0.2) is 68.4 Å². The molecule has 0 atom stereocenters. The van der Waals surface area contributed by atoms with Crippen LogP contribution in [0.4, 0.5) is 0 Å². The molecule has 0 radical (unpaired) electrons. The van der Waals surface area contributed by atoms with Crippen LogP contribution < -0.4 is 0 Å². The van der Waals surface area contributed by atoms with E-state index in [1.807, 2.05) is 25.1 Å². The molecule has 0 aliphatic heterocycles. The van der Waals surface area contributed by atoms with Crippen molar-refractivity contribution in [2.45, 2.75) is 6.92 Å².